The Hall–Kier alpha value is -1.00. The molecule has 4 heteroatoms. The first-order chi connectivity index (χ1) is 8.65. The molecule has 0 spiro atoms. The fourth-order valence-corrected chi connectivity index (χ4v) is 2.37. The molecule has 2 heterocycles. The van der Waals surface area contributed by atoms with Gasteiger partial charge in [0.05, 0.1) is 0 Å². The Bertz CT molecular complexity index is 378. The maximum absolute atomic E-state index is 4.68. The van der Waals surface area contributed by atoms with Crippen LogP contribution in [0.2, 0.25) is 0 Å². The molecule has 1 aromatic rings. The van der Waals surface area contributed by atoms with Gasteiger partial charge in [-0.1, -0.05) is 13.8 Å². The average molecular weight is 248 g/mol. The van der Waals surface area contributed by atoms with Gasteiger partial charge in [0.1, 0.15) is 5.82 Å². The van der Waals surface area contributed by atoms with Gasteiger partial charge in [0, 0.05) is 44.0 Å². The summed E-state index contributed by atoms with van der Waals surface area (Å²) in [4.78, 5) is 11.5. The van der Waals surface area contributed by atoms with E-state index in [0.29, 0.717) is 12.0 Å². The van der Waals surface area contributed by atoms with Crippen molar-refractivity contribution in [2.24, 2.45) is 5.92 Å². The van der Waals surface area contributed by atoms with Gasteiger partial charge < -0.3 is 10.2 Å². The molecule has 0 aromatic carbocycles. The SMILES string of the molecule is CC(C)Cc1ccnc(CC2CNCCN2C)n1. The van der Waals surface area contributed by atoms with Crippen molar-refractivity contribution >= 4 is 0 Å². The van der Waals surface area contributed by atoms with Crippen molar-refractivity contribution in [3.63, 3.8) is 0 Å². The molecular formula is C14H24N4. The number of nitrogens with one attached hydrogen (secondary N) is 1. The smallest absolute Gasteiger partial charge is 0.130 e. The van der Waals surface area contributed by atoms with Crippen molar-refractivity contribution < 1.29 is 0 Å². The summed E-state index contributed by atoms with van der Waals surface area (Å²) >= 11 is 0. The van der Waals surface area contributed by atoms with E-state index in [4.69, 9.17) is 0 Å². The topological polar surface area (TPSA) is 41.1 Å². The van der Waals surface area contributed by atoms with Crippen molar-refractivity contribution in [2.75, 3.05) is 26.7 Å². The molecular weight excluding hydrogens is 224 g/mol. The fraction of sp³-hybridized carbons (Fsp3) is 0.714. The molecule has 1 atom stereocenters. The zero-order valence-corrected chi connectivity index (χ0v) is 11.7. The number of hydrogen-bond acceptors (Lipinski definition) is 4. The van der Waals surface area contributed by atoms with Crippen molar-refractivity contribution in [1.29, 1.82) is 0 Å². The molecule has 1 aromatic heterocycles. The Balaban J connectivity index is 1.99. The van der Waals surface area contributed by atoms with Crippen LogP contribution in [0.5, 0.6) is 0 Å². The van der Waals surface area contributed by atoms with Crippen LogP contribution >= 0.6 is 0 Å². The molecule has 0 bridgehead atoms. The standard InChI is InChI=1S/C14H24N4/c1-11(2)8-12-4-5-16-14(17-12)9-13-10-15-6-7-18(13)3/h4-5,11,13,15H,6-10H2,1-3H3. The van der Waals surface area contributed by atoms with Gasteiger partial charge in [-0.05, 0) is 25.5 Å². The third kappa shape index (κ3) is 3.75. The number of aromatic nitrogens is 2. The third-order valence-corrected chi connectivity index (χ3v) is 3.44. The molecule has 0 aliphatic carbocycles. The van der Waals surface area contributed by atoms with Crippen LogP contribution < -0.4 is 5.32 Å². The molecule has 1 unspecified atom stereocenters. The second-order valence-electron chi connectivity index (χ2n) is 5.60. The highest BCUT2D eigenvalue weighted by Gasteiger charge is 2.19. The van der Waals surface area contributed by atoms with Gasteiger partial charge in [-0.15, -0.1) is 0 Å². The summed E-state index contributed by atoms with van der Waals surface area (Å²) in [6, 6.07) is 2.56. The van der Waals surface area contributed by atoms with E-state index < -0.39 is 0 Å². The van der Waals surface area contributed by atoms with Gasteiger partial charge in [0.2, 0.25) is 0 Å². The van der Waals surface area contributed by atoms with Gasteiger partial charge in [-0.2, -0.15) is 0 Å². The number of likely N-dealkylation sites (N-methyl/N-ethyl adjacent to an activating group) is 1. The molecule has 1 saturated heterocycles. The second-order valence-corrected chi connectivity index (χ2v) is 5.60. The zero-order valence-electron chi connectivity index (χ0n) is 11.7. The van der Waals surface area contributed by atoms with Crippen LogP contribution in [-0.4, -0.2) is 47.6 Å². The normalized spacial score (nSPS) is 21.4. The minimum atomic E-state index is 0.521. The van der Waals surface area contributed by atoms with Gasteiger partial charge in [0.25, 0.3) is 0 Å². The summed E-state index contributed by atoms with van der Waals surface area (Å²) in [5.41, 5.74) is 1.17. The summed E-state index contributed by atoms with van der Waals surface area (Å²) in [5.74, 6) is 1.63. The lowest BCUT2D eigenvalue weighted by Crippen LogP contribution is -2.50. The zero-order chi connectivity index (χ0) is 13.0. The van der Waals surface area contributed by atoms with Gasteiger partial charge in [-0.3, -0.25) is 0 Å². The maximum Gasteiger partial charge on any atom is 0.130 e. The molecule has 1 aliphatic heterocycles. The number of piperazine rings is 1. The van der Waals surface area contributed by atoms with E-state index >= 15 is 0 Å². The summed E-state index contributed by atoms with van der Waals surface area (Å²) in [7, 11) is 2.18. The third-order valence-electron chi connectivity index (χ3n) is 3.44. The summed E-state index contributed by atoms with van der Waals surface area (Å²) in [5, 5.41) is 3.44. The van der Waals surface area contributed by atoms with Crippen LogP contribution in [-0.2, 0) is 12.8 Å². The molecule has 2 rings (SSSR count). The number of hydrogen-bond donors (Lipinski definition) is 1. The minimum absolute atomic E-state index is 0.521. The van der Waals surface area contributed by atoms with E-state index in [1.807, 2.05) is 12.3 Å². The van der Waals surface area contributed by atoms with Crippen LogP contribution in [0, 0.1) is 5.92 Å². The Morgan fingerprint density at radius 1 is 1.50 bits per heavy atom. The van der Waals surface area contributed by atoms with Gasteiger partial charge in [-0.25, -0.2) is 9.97 Å². The molecule has 1 aliphatic rings. The highest BCUT2D eigenvalue weighted by Crippen LogP contribution is 2.09. The van der Waals surface area contributed by atoms with E-state index in [1.54, 1.807) is 0 Å². The van der Waals surface area contributed by atoms with Crippen LogP contribution in [0.15, 0.2) is 12.3 Å². The molecule has 1 fully saturated rings. The van der Waals surface area contributed by atoms with E-state index in [-0.39, 0.29) is 0 Å². The molecule has 0 amide bonds. The quantitative estimate of drug-likeness (QED) is 0.867. The lowest BCUT2D eigenvalue weighted by molar-refractivity contribution is 0.197. The van der Waals surface area contributed by atoms with E-state index in [1.165, 1.54) is 5.69 Å². The number of nitrogens with zero attached hydrogens (tertiary/aromatic N) is 3. The minimum Gasteiger partial charge on any atom is -0.314 e. The largest absolute Gasteiger partial charge is 0.314 e. The first kappa shape index (κ1) is 13.4. The van der Waals surface area contributed by atoms with E-state index in [0.717, 1.165) is 38.3 Å². The Morgan fingerprint density at radius 2 is 2.33 bits per heavy atom. The van der Waals surface area contributed by atoms with Crippen LogP contribution in [0.3, 0.4) is 0 Å². The van der Waals surface area contributed by atoms with Gasteiger partial charge >= 0.3 is 0 Å². The molecule has 0 radical (unpaired) electrons. The first-order valence-corrected chi connectivity index (χ1v) is 6.87. The highest BCUT2D eigenvalue weighted by atomic mass is 15.2. The maximum atomic E-state index is 4.68. The Morgan fingerprint density at radius 3 is 3.06 bits per heavy atom. The summed E-state index contributed by atoms with van der Waals surface area (Å²) in [6.45, 7) is 7.67. The average Bonchev–Trinajstić information content (AvgIpc) is 2.32. The lowest BCUT2D eigenvalue weighted by atomic mass is 10.1. The van der Waals surface area contributed by atoms with Crippen LogP contribution in [0.1, 0.15) is 25.4 Å². The summed E-state index contributed by atoms with van der Waals surface area (Å²) in [6.07, 6.45) is 3.88. The second kappa shape index (κ2) is 6.25. The summed E-state index contributed by atoms with van der Waals surface area (Å²) < 4.78 is 0. The van der Waals surface area contributed by atoms with E-state index in [9.17, 15) is 0 Å². The molecule has 4 nitrogen and oxygen atoms in total. The first-order valence-electron chi connectivity index (χ1n) is 6.87. The molecule has 18 heavy (non-hydrogen) atoms. The number of rotatable bonds is 4. The molecule has 0 saturated carbocycles. The van der Waals surface area contributed by atoms with Crippen molar-refractivity contribution in [3.8, 4) is 0 Å². The fourth-order valence-electron chi connectivity index (χ4n) is 2.37. The van der Waals surface area contributed by atoms with Crippen molar-refractivity contribution in [1.82, 2.24) is 20.2 Å². The lowest BCUT2D eigenvalue weighted by Gasteiger charge is -2.32. The Kier molecular flexibility index (Phi) is 4.66. The van der Waals surface area contributed by atoms with E-state index in [2.05, 4.69) is 41.1 Å². The van der Waals surface area contributed by atoms with Crippen molar-refractivity contribution in [3.05, 3.63) is 23.8 Å². The van der Waals surface area contributed by atoms with Crippen LogP contribution in [0.4, 0.5) is 0 Å². The molecule has 1 N–H and O–H groups in total. The monoisotopic (exact) mass is 248 g/mol. The van der Waals surface area contributed by atoms with Gasteiger partial charge in [0.15, 0.2) is 0 Å². The predicted octanol–water partition coefficient (Wildman–Crippen LogP) is 1.12. The predicted molar refractivity (Wildman–Crippen MR) is 73.6 cm³/mol. The van der Waals surface area contributed by atoms with Crippen LogP contribution in [0.25, 0.3) is 0 Å². The Labute approximate surface area is 110 Å². The van der Waals surface area contributed by atoms with Crippen molar-refractivity contribution in [2.45, 2.75) is 32.7 Å². The molecule has 100 valence electrons. The highest BCUT2D eigenvalue weighted by molar-refractivity contribution is 5.04.